The van der Waals surface area contributed by atoms with Gasteiger partial charge in [0.1, 0.15) is 6.61 Å². The highest BCUT2D eigenvalue weighted by molar-refractivity contribution is 5.94. The smallest absolute Gasteiger partial charge is 0.234 e. The second-order valence-corrected chi connectivity index (χ2v) is 8.48. The van der Waals surface area contributed by atoms with E-state index in [0.717, 1.165) is 16.7 Å². The van der Waals surface area contributed by atoms with Crippen LogP contribution in [0.5, 0.6) is 5.75 Å². The Labute approximate surface area is 204 Å². The predicted octanol–water partition coefficient (Wildman–Crippen LogP) is 5.23. The number of carbonyl (C=O) groups is 2. The topological polar surface area (TPSA) is 65.4 Å². The monoisotopic (exact) mass is 465 g/mol. The number of Topliss-reactive ketones (excluding diaryl/α,β-unsaturated/α-hetero) is 2. The normalized spacial score (nSPS) is 11.6. The largest absolute Gasteiger partial charge is 0.483 e. The fourth-order valence-electron chi connectivity index (χ4n) is 3.98. The van der Waals surface area contributed by atoms with E-state index in [1.165, 1.54) is 13.1 Å². The Morgan fingerprint density at radius 2 is 1.31 bits per heavy atom. The Kier molecular flexibility index (Phi) is 7.68. The van der Waals surface area contributed by atoms with Crippen molar-refractivity contribution in [3.63, 3.8) is 0 Å². The number of hydrogen-bond acceptors (Lipinski definition) is 4. The highest BCUT2D eigenvalue weighted by atomic mass is 16.5. The molecule has 35 heavy (non-hydrogen) atoms. The molecule has 0 saturated heterocycles. The lowest BCUT2D eigenvalue weighted by Gasteiger charge is -2.22. The van der Waals surface area contributed by atoms with Crippen LogP contribution in [0.4, 0.5) is 0 Å². The van der Waals surface area contributed by atoms with Gasteiger partial charge in [-0.2, -0.15) is 0 Å². The molecule has 0 amide bonds. The molecule has 0 unspecified atom stereocenters. The number of carbonyl (C=O) groups excluding carboxylic acids is 2. The van der Waals surface area contributed by atoms with Gasteiger partial charge >= 0.3 is 0 Å². The summed E-state index contributed by atoms with van der Waals surface area (Å²) < 4.78 is 7.52. The molecule has 176 valence electrons. The van der Waals surface area contributed by atoms with Gasteiger partial charge in [0, 0.05) is 19.0 Å². The zero-order valence-corrected chi connectivity index (χ0v) is 19.6. The quantitative estimate of drug-likeness (QED) is 0.301. The number of ether oxygens (including phenoxy) is 1. The fraction of sp³-hybridized carbons (Fsp3) is 0.167. The molecule has 5 nitrogen and oxygen atoms in total. The van der Waals surface area contributed by atoms with Gasteiger partial charge in [-0.25, -0.2) is 0 Å². The molecule has 0 spiro atoms. The number of benzene rings is 3. The SMILES string of the molecule is CC(=O)c1cn([C@@H](Cc2ccccc2)C(=O)Cc2ccccc2)cc(OCc2ccccc2)c1=O. The van der Waals surface area contributed by atoms with Crippen LogP contribution in [0.15, 0.2) is 108 Å². The zero-order valence-electron chi connectivity index (χ0n) is 19.6. The third-order valence-electron chi connectivity index (χ3n) is 5.85. The Morgan fingerprint density at radius 1 is 0.771 bits per heavy atom. The lowest BCUT2D eigenvalue weighted by atomic mass is 9.97. The summed E-state index contributed by atoms with van der Waals surface area (Å²) in [4.78, 5) is 38.9. The first-order valence-corrected chi connectivity index (χ1v) is 11.6. The molecule has 0 fully saturated rings. The molecule has 3 aromatic carbocycles. The lowest BCUT2D eigenvalue weighted by molar-refractivity contribution is -0.121. The van der Waals surface area contributed by atoms with Crippen molar-refractivity contribution < 1.29 is 14.3 Å². The molecule has 0 aliphatic heterocycles. The third kappa shape index (κ3) is 6.21. The van der Waals surface area contributed by atoms with E-state index >= 15 is 0 Å². The predicted molar refractivity (Wildman–Crippen MR) is 136 cm³/mol. The van der Waals surface area contributed by atoms with E-state index in [1.807, 2.05) is 91.0 Å². The van der Waals surface area contributed by atoms with Crippen LogP contribution in [0.2, 0.25) is 0 Å². The van der Waals surface area contributed by atoms with Crippen LogP contribution in [0.1, 0.15) is 40.0 Å². The summed E-state index contributed by atoms with van der Waals surface area (Å²) in [6.07, 6.45) is 3.69. The Bertz CT molecular complexity index is 1350. The van der Waals surface area contributed by atoms with E-state index < -0.39 is 11.5 Å². The van der Waals surface area contributed by atoms with E-state index in [9.17, 15) is 14.4 Å². The maximum atomic E-state index is 13.5. The number of pyridine rings is 1. The fourth-order valence-corrected chi connectivity index (χ4v) is 3.98. The molecule has 0 aliphatic rings. The summed E-state index contributed by atoms with van der Waals surface area (Å²) in [5, 5.41) is 0. The molecule has 0 saturated carbocycles. The average molecular weight is 466 g/mol. The standard InChI is InChI=1S/C30H27NO4/c1-22(32)26-19-31(20-29(30(26)34)35-21-25-15-9-4-10-16-25)27(17-23-11-5-2-6-12-23)28(33)18-24-13-7-3-8-14-24/h2-16,19-20,27H,17-18,21H2,1H3/t27-/m0/s1. The maximum Gasteiger partial charge on any atom is 0.234 e. The molecule has 0 aliphatic carbocycles. The molecule has 4 rings (SSSR count). The van der Waals surface area contributed by atoms with Gasteiger partial charge in [0.15, 0.2) is 17.3 Å². The van der Waals surface area contributed by atoms with Crippen molar-refractivity contribution in [2.75, 3.05) is 0 Å². The van der Waals surface area contributed by atoms with E-state index in [2.05, 4.69) is 0 Å². The molecule has 0 N–H and O–H groups in total. The van der Waals surface area contributed by atoms with Crippen LogP contribution in [0.3, 0.4) is 0 Å². The van der Waals surface area contributed by atoms with Gasteiger partial charge < -0.3 is 9.30 Å². The van der Waals surface area contributed by atoms with Crippen molar-refractivity contribution in [2.24, 2.45) is 0 Å². The van der Waals surface area contributed by atoms with Crippen molar-refractivity contribution in [1.29, 1.82) is 0 Å². The highest BCUT2D eigenvalue weighted by Crippen LogP contribution is 2.21. The summed E-state index contributed by atoms with van der Waals surface area (Å²) in [6, 6.07) is 28.1. The van der Waals surface area contributed by atoms with Gasteiger partial charge in [-0.3, -0.25) is 14.4 Å². The maximum absolute atomic E-state index is 13.5. The zero-order chi connectivity index (χ0) is 24.6. The number of aromatic nitrogens is 1. The Hall–Kier alpha value is -4.25. The second-order valence-electron chi connectivity index (χ2n) is 8.48. The first-order valence-electron chi connectivity index (χ1n) is 11.6. The molecule has 5 heteroatoms. The first-order chi connectivity index (χ1) is 17.0. The molecular formula is C30H27NO4. The van der Waals surface area contributed by atoms with E-state index in [-0.39, 0.29) is 35.9 Å². The molecule has 0 bridgehead atoms. The van der Waals surface area contributed by atoms with E-state index in [0.29, 0.717) is 6.42 Å². The summed E-state index contributed by atoms with van der Waals surface area (Å²) >= 11 is 0. The highest BCUT2D eigenvalue weighted by Gasteiger charge is 2.24. The van der Waals surface area contributed by atoms with E-state index in [4.69, 9.17) is 4.74 Å². The minimum absolute atomic E-state index is 0.00105. The van der Waals surface area contributed by atoms with Crippen LogP contribution >= 0.6 is 0 Å². The average Bonchev–Trinajstić information content (AvgIpc) is 2.88. The summed E-state index contributed by atoms with van der Waals surface area (Å²) in [5.74, 6) is -0.345. The van der Waals surface area contributed by atoms with Crippen molar-refractivity contribution in [2.45, 2.75) is 32.4 Å². The third-order valence-corrected chi connectivity index (χ3v) is 5.85. The summed E-state index contributed by atoms with van der Waals surface area (Å²) in [5.41, 5.74) is 2.31. The van der Waals surface area contributed by atoms with Crippen LogP contribution in [0, 0.1) is 0 Å². The van der Waals surface area contributed by atoms with Crippen molar-refractivity contribution in [3.8, 4) is 5.75 Å². The van der Waals surface area contributed by atoms with Gasteiger partial charge in [-0.1, -0.05) is 91.0 Å². The summed E-state index contributed by atoms with van der Waals surface area (Å²) in [7, 11) is 0. The molecule has 1 atom stereocenters. The second kappa shape index (κ2) is 11.3. The van der Waals surface area contributed by atoms with Crippen LogP contribution in [-0.2, 0) is 24.2 Å². The van der Waals surface area contributed by atoms with Gasteiger partial charge in [-0.15, -0.1) is 0 Å². The van der Waals surface area contributed by atoms with Gasteiger partial charge in [0.25, 0.3) is 0 Å². The van der Waals surface area contributed by atoms with Crippen LogP contribution in [0.25, 0.3) is 0 Å². The van der Waals surface area contributed by atoms with Crippen molar-refractivity contribution in [3.05, 3.63) is 136 Å². The number of ketones is 2. The first kappa shape index (κ1) is 23.9. The van der Waals surface area contributed by atoms with Crippen LogP contribution < -0.4 is 10.2 Å². The Morgan fingerprint density at radius 3 is 1.89 bits per heavy atom. The molecule has 1 heterocycles. The van der Waals surface area contributed by atoms with E-state index in [1.54, 1.807) is 10.8 Å². The van der Waals surface area contributed by atoms with Crippen molar-refractivity contribution in [1.82, 2.24) is 4.57 Å². The molecule has 1 aromatic heterocycles. The number of rotatable bonds is 10. The van der Waals surface area contributed by atoms with Gasteiger partial charge in [0.2, 0.25) is 5.43 Å². The van der Waals surface area contributed by atoms with Gasteiger partial charge in [0.05, 0.1) is 17.8 Å². The summed E-state index contributed by atoms with van der Waals surface area (Å²) in [6.45, 7) is 1.53. The number of hydrogen-bond donors (Lipinski definition) is 0. The molecule has 4 aromatic rings. The van der Waals surface area contributed by atoms with Gasteiger partial charge in [-0.05, 0) is 23.6 Å². The molecular weight excluding hydrogens is 438 g/mol. The lowest BCUT2D eigenvalue weighted by Crippen LogP contribution is -2.27. The number of nitrogens with zero attached hydrogens (tertiary/aromatic N) is 1. The van der Waals surface area contributed by atoms with Crippen LogP contribution in [-0.4, -0.2) is 16.1 Å². The Balaban J connectivity index is 1.72. The van der Waals surface area contributed by atoms with Crippen molar-refractivity contribution >= 4 is 11.6 Å². The minimum atomic E-state index is -0.615. The molecule has 0 radical (unpaired) electrons. The minimum Gasteiger partial charge on any atom is -0.483 e.